The van der Waals surface area contributed by atoms with E-state index in [4.69, 9.17) is 15.3 Å². The smallest absolute Gasteiger partial charge is 0.338 e. The van der Waals surface area contributed by atoms with Crippen LogP contribution >= 0.6 is 12.6 Å². The fraction of sp³-hybridized carbons (Fsp3) is 0.500. The summed E-state index contributed by atoms with van der Waals surface area (Å²) in [6, 6.07) is 0. The fourth-order valence-corrected chi connectivity index (χ4v) is 0.926. The maximum Gasteiger partial charge on any atom is 0.338 e. The first-order valence-corrected chi connectivity index (χ1v) is 3.82. The predicted molar refractivity (Wildman–Crippen MR) is 45.2 cm³/mol. The van der Waals surface area contributed by atoms with E-state index in [9.17, 15) is 19.5 Å². The van der Waals surface area contributed by atoms with Crippen molar-refractivity contribution in [2.24, 2.45) is 0 Å². The van der Waals surface area contributed by atoms with Gasteiger partial charge >= 0.3 is 17.9 Å². The molecule has 0 amide bonds. The molecule has 0 aliphatic heterocycles. The van der Waals surface area contributed by atoms with Crippen molar-refractivity contribution in [2.75, 3.05) is 0 Å². The first kappa shape index (κ1) is 12.7. The molecule has 0 fully saturated rings. The molecule has 4 N–H and O–H groups in total. The Hall–Kier alpha value is -1.28. The molecule has 0 spiro atoms. The first-order chi connectivity index (χ1) is 6.21. The number of rotatable bonds is 5. The average Bonchev–Trinajstić information content (AvgIpc) is 2.00. The third-order valence-corrected chi connectivity index (χ3v) is 2.13. The van der Waals surface area contributed by atoms with Crippen LogP contribution in [0.5, 0.6) is 0 Å². The molecule has 2 unspecified atom stereocenters. The monoisotopic (exact) mass is 224 g/mol. The number of aliphatic carboxylic acids is 3. The van der Waals surface area contributed by atoms with Gasteiger partial charge < -0.3 is 20.4 Å². The van der Waals surface area contributed by atoms with Crippen LogP contribution in [0.1, 0.15) is 6.42 Å². The molecular weight excluding hydrogens is 216 g/mol. The molecule has 2 atom stereocenters. The van der Waals surface area contributed by atoms with Gasteiger partial charge in [-0.2, -0.15) is 12.6 Å². The summed E-state index contributed by atoms with van der Waals surface area (Å²) >= 11 is 3.33. The van der Waals surface area contributed by atoms with Crippen LogP contribution in [0, 0.1) is 0 Å². The topological polar surface area (TPSA) is 132 Å². The van der Waals surface area contributed by atoms with Crippen molar-refractivity contribution in [1.29, 1.82) is 0 Å². The summed E-state index contributed by atoms with van der Waals surface area (Å²) in [4.78, 5) is 31.0. The molecular formula is C6H8O7S. The molecule has 0 rings (SSSR count). The number of hydrogen-bond acceptors (Lipinski definition) is 5. The number of carbonyl (C=O) groups is 3. The average molecular weight is 224 g/mol. The Kier molecular flexibility index (Phi) is 3.90. The van der Waals surface area contributed by atoms with Gasteiger partial charge in [0.15, 0.2) is 5.60 Å². The van der Waals surface area contributed by atoms with Gasteiger partial charge in [-0.25, -0.2) is 4.79 Å². The number of thiol groups is 1. The molecule has 80 valence electrons. The molecule has 0 radical (unpaired) electrons. The van der Waals surface area contributed by atoms with E-state index in [1.807, 2.05) is 0 Å². The Labute approximate surface area is 83.4 Å². The minimum Gasteiger partial charge on any atom is -0.481 e. The summed E-state index contributed by atoms with van der Waals surface area (Å²) in [6.45, 7) is 0. The Balaban J connectivity index is 4.99. The molecule has 0 saturated carbocycles. The van der Waals surface area contributed by atoms with Crippen molar-refractivity contribution < 1.29 is 34.8 Å². The van der Waals surface area contributed by atoms with E-state index in [0.29, 0.717) is 0 Å². The van der Waals surface area contributed by atoms with Gasteiger partial charge in [0.25, 0.3) is 0 Å². The minimum absolute atomic E-state index is 1.23. The highest BCUT2D eigenvalue weighted by Crippen LogP contribution is 2.21. The van der Waals surface area contributed by atoms with E-state index in [1.165, 1.54) is 0 Å². The third kappa shape index (κ3) is 2.60. The summed E-state index contributed by atoms with van der Waals surface area (Å²) in [6.07, 6.45) is -1.23. The van der Waals surface area contributed by atoms with E-state index >= 15 is 0 Å². The second-order valence-electron chi connectivity index (χ2n) is 2.54. The first-order valence-electron chi connectivity index (χ1n) is 3.30. The van der Waals surface area contributed by atoms with Gasteiger partial charge in [0.05, 0.1) is 6.42 Å². The van der Waals surface area contributed by atoms with E-state index in [2.05, 4.69) is 12.6 Å². The molecule has 14 heavy (non-hydrogen) atoms. The second-order valence-corrected chi connectivity index (χ2v) is 3.06. The van der Waals surface area contributed by atoms with Crippen LogP contribution in [0.25, 0.3) is 0 Å². The maximum absolute atomic E-state index is 10.5. The van der Waals surface area contributed by atoms with Crippen LogP contribution in [0.4, 0.5) is 0 Å². The lowest BCUT2D eigenvalue weighted by molar-refractivity contribution is -0.169. The highest BCUT2D eigenvalue weighted by molar-refractivity contribution is 7.82. The lowest BCUT2D eigenvalue weighted by atomic mass is 9.95. The van der Waals surface area contributed by atoms with Crippen molar-refractivity contribution >= 4 is 30.5 Å². The summed E-state index contributed by atoms with van der Waals surface area (Å²) in [5.41, 5.74) is -2.92. The molecule has 0 aromatic carbocycles. The van der Waals surface area contributed by atoms with E-state index in [1.54, 1.807) is 0 Å². The van der Waals surface area contributed by atoms with Crippen molar-refractivity contribution in [2.45, 2.75) is 17.3 Å². The third-order valence-electron chi connectivity index (χ3n) is 1.48. The summed E-state index contributed by atoms with van der Waals surface area (Å²) < 4.78 is 0. The zero-order valence-corrected chi connectivity index (χ0v) is 7.64. The fourth-order valence-electron chi connectivity index (χ4n) is 0.724. The predicted octanol–water partition coefficient (Wildman–Crippen LogP) is -1.34. The van der Waals surface area contributed by atoms with E-state index in [0.717, 1.165) is 0 Å². The zero-order chi connectivity index (χ0) is 11.5. The second kappa shape index (κ2) is 4.29. The Bertz CT molecular complexity index is 275. The molecule has 0 bridgehead atoms. The van der Waals surface area contributed by atoms with Gasteiger partial charge in [0.1, 0.15) is 5.25 Å². The Morgan fingerprint density at radius 1 is 1.21 bits per heavy atom. The molecule has 0 heterocycles. The molecule has 0 aliphatic rings. The largest absolute Gasteiger partial charge is 0.481 e. The molecule has 0 saturated heterocycles. The normalized spacial score (nSPS) is 16.7. The lowest BCUT2D eigenvalue weighted by Gasteiger charge is -2.24. The Morgan fingerprint density at radius 2 is 1.64 bits per heavy atom. The van der Waals surface area contributed by atoms with Crippen LogP contribution < -0.4 is 0 Å². The van der Waals surface area contributed by atoms with Crippen LogP contribution in [0.2, 0.25) is 0 Å². The van der Waals surface area contributed by atoms with Gasteiger partial charge in [-0.15, -0.1) is 0 Å². The van der Waals surface area contributed by atoms with Crippen molar-refractivity contribution in [3.63, 3.8) is 0 Å². The zero-order valence-electron chi connectivity index (χ0n) is 6.75. The van der Waals surface area contributed by atoms with Gasteiger partial charge in [0.2, 0.25) is 0 Å². The minimum atomic E-state index is -2.92. The van der Waals surface area contributed by atoms with Crippen LogP contribution in [-0.2, 0) is 14.4 Å². The number of carboxylic acids is 3. The Morgan fingerprint density at radius 3 is 1.86 bits per heavy atom. The number of aliphatic hydroxyl groups is 1. The SMILES string of the molecule is O=C(O)CC(O)(C(=O)O)C(S)C(=O)O. The van der Waals surface area contributed by atoms with Gasteiger partial charge in [-0.3, -0.25) is 9.59 Å². The van der Waals surface area contributed by atoms with E-state index in [-0.39, 0.29) is 0 Å². The highest BCUT2D eigenvalue weighted by atomic mass is 32.1. The molecule has 0 aromatic rings. The van der Waals surface area contributed by atoms with Crippen molar-refractivity contribution in [1.82, 2.24) is 0 Å². The standard InChI is InChI=1S/C6H8O7S/c7-2(8)1-6(13,5(11)12)3(14)4(9)10/h3,13-14H,1H2,(H,7,8)(H,9,10)(H,11,12). The molecule has 8 heteroatoms. The number of hydrogen-bond donors (Lipinski definition) is 5. The summed E-state index contributed by atoms with van der Waals surface area (Å²) in [5, 5.41) is 32.4. The van der Waals surface area contributed by atoms with Gasteiger partial charge in [0, 0.05) is 0 Å². The highest BCUT2D eigenvalue weighted by Gasteiger charge is 2.48. The number of carboxylic acid groups (broad SMARTS) is 3. The van der Waals surface area contributed by atoms with Crippen molar-refractivity contribution in [3.8, 4) is 0 Å². The lowest BCUT2D eigenvalue weighted by Crippen LogP contribution is -2.51. The summed E-state index contributed by atoms with van der Waals surface area (Å²) in [5.74, 6) is -5.28. The quantitative estimate of drug-likeness (QED) is 0.365. The molecule has 7 nitrogen and oxygen atoms in total. The van der Waals surface area contributed by atoms with Crippen LogP contribution in [0.3, 0.4) is 0 Å². The molecule has 0 aliphatic carbocycles. The van der Waals surface area contributed by atoms with E-state index < -0.39 is 35.2 Å². The van der Waals surface area contributed by atoms with Crippen LogP contribution in [0.15, 0.2) is 0 Å². The maximum atomic E-state index is 10.5. The summed E-state index contributed by atoms with van der Waals surface area (Å²) in [7, 11) is 0. The van der Waals surface area contributed by atoms with Crippen molar-refractivity contribution in [3.05, 3.63) is 0 Å². The molecule has 0 aromatic heterocycles. The van der Waals surface area contributed by atoms with Gasteiger partial charge in [-0.05, 0) is 0 Å². The van der Waals surface area contributed by atoms with Crippen LogP contribution in [-0.4, -0.2) is 49.2 Å². The van der Waals surface area contributed by atoms with Gasteiger partial charge in [-0.1, -0.05) is 0 Å².